The Morgan fingerprint density at radius 2 is 2.00 bits per heavy atom. The van der Waals surface area contributed by atoms with Crippen molar-refractivity contribution in [3.8, 4) is 0 Å². The van der Waals surface area contributed by atoms with Crippen molar-refractivity contribution in [1.82, 2.24) is 20.8 Å². The fourth-order valence-corrected chi connectivity index (χ4v) is 3.84. The zero-order valence-electron chi connectivity index (χ0n) is 21.9. The van der Waals surface area contributed by atoms with Gasteiger partial charge in [0.25, 0.3) is 0 Å². The van der Waals surface area contributed by atoms with Gasteiger partial charge < -0.3 is 10.6 Å². The molecule has 2 aliphatic rings. The summed E-state index contributed by atoms with van der Waals surface area (Å²) in [6.07, 6.45) is 32.4. The third-order valence-electron chi connectivity index (χ3n) is 5.97. The molecule has 1 heterocycles. The highest BCUT2D eigenvalue weighted by molar-refractivity contribution is 5.66. The molecule has 0 spiro atoms. The Kier molecular flexibility index (Phi) is 11.1. The SMILES string of the molecule is C=CNC1=C=C/C=C(/c2cc(CCC(=C)/C=C\C(=C/C)NC(=C)C3=CC/C=C\CCC=C3)[nH]n2)CC=C1. The smallest absolute Gasteiger partial charge is 0.0886 e. The van der Waals surface area contributed by atoms with E-state index in [9.17, 15) is 0 Å². The Morgan fingerprint density at radius 1 is 1.14 bits per heavy atom. The third-order valence-corrected chi connectivity index (χ3v) is 5.97. The second kappa shape index (κ2) is 15.0. The second-order valence-electron chi connectivity index (χ2n) is 8.84. The van der Waals surface area contributed by atoms with E-state index in [0.717, 1.165) is 83.7 Å². The summed E-state index contributed by atoms with van der Waals surface area (Å²) in [7, 11) is 0. The fourth-order valence-electron chi connectivity index (χ4n) is 3.84. The number of aromatic nitrogens is 2. The number of nitrogens with one attached hydrogen (secondary N) is 3. The van der Waals surface area contributed by atoms with Gasteiger partial charge in [-0.25, -0.2) is 0 Å². The molecule has 0 fully saturated rings. The molecule has 4 nitrogen and oxygen atoms in total. The van der Waals surface area contributed by atoms with E-state index in [1.807, 2.05) is 25.2 Å². The number of rotatable bonds is 11. The highest BCUT2D eigenvalue weighted by Crippen LogP contribution is 2.20. The van der Waals surface area contributed by atoms with Crippen LogP contribution in [-0.4, -0.2) is 10.2 Å². The lowest BCUT2D eigenvalue weighted by Crippen LogP contribution is -2.11. The van der Waals surface area contributed by atoms with Crippen LogP contribution in [0.25, 0.3) is 5.57 Å². The Hall–Kier alpha value is -4.27. The van der Waals surface area contributed by atoms with Crippen LogP contribution < -0.4 is 10.6 Å². The number of hydrogen-bond acceptors (Lipinski definition) is 3. The summed E-state index contributed by atoms with van der Waals surface area (Å²) in [5, 5.41) is 14.2. The first-order chi connectivity index (χ1) is 18.1. The summed E-state index contributed by atoms with van der Waals surface area (Å²) >= 11 is 0. The van der Waals surface area contributed by atoms with E-state index in [0.29, 0.717) is 0 Å². The Balaban J connectivity index is 1.53. The van der Waals surface area contributed by atoms with Crippen LogP contribution in [0.4, 0.5) is 0 Å². The van der Waals surface area contributed by atoms with E-state index in [1.54, 1.807) is 6.20 Å². The van der Waals surface area contributed by atoms with Crippen molar-refractivity contribution in [2.45, 2.75) is 45.4 Å². The molecule has 0 aromatic carbocycles. The quantitative estimate of drug-likeness (QED) is 0.168. The molecule has 1 aromatic rings. The average Bonchev–Trinajstić information content (AvgIpc) is 3.40. The van der Waals surface area contributed by atoms with Gasteiger partial charge in [-0.05, 0) is 93.2 Å². The molecule has 3 N–H and O–H groups in total. The van der Waals surface area contributed by atoms with E-state index in [4.69, 9.17) is 0 Å². The zero-order chi connectivity index (χ0) is 26.3. The minimum absolute atomic E-state index is 0.800. The van der Waals surface area contributed by atoms with Crippen molar-refractivity contribution in [2.24, 2.45) is 0 Å². The highest BCUT2D eigenvalue weighted by atomic mass is 15.1. The predicted octanol–water partition coefficient (Wildman–Crippen LogP) is 7.80. The van der Waals surface area contributed by atoms with Crippen LogP contribution in [0.3, 0.4) is 0 Å². The molecule has 0 radical (unpaired) electrons. The molecule has 0 bridgehead atoms. The molecule has 37 heavy (non-hydrogen) atoms. The van der Waals surface area contributed by atoms with Gasteiger partial charge in [0, 0.05) is 17.1 Å². The molecule has 190 valence electrons. The van der Waals surface area contributed by atoms with E-state index >= 15 is 0 Å². The fraction of sp³-hybridized carbons (Fsp3) is 0.212. The summed E-state index contributed by atoms with van der Waals surface area (Å²) in [6.45, 7) is 14.2. The standard InChI is InChI=1S/C33H38N4/c1-5-30(35-27(4)28-15-11-9-7-8-10-12-16-28)23-21-26(3)22-24-32-25-33(37-36-32)29-17-13-19-31(34-6-2)20-14-18-29/h5-7,9,12-17,20-21,23,25,34-35H,2-4,8,10-11,18,22,24H2,1H3,(H,36,37)/b9-7-,16-12?,20-14?,23-21-,28-15?,29-17+,30-5+. The lowest BCUT2D eigenvalue weighted by atomic mass is 10.0. The maximum Gasteiger partial charge on any atom is 0.0886 e. The van der Waals surface area contributed by atoms with Crippen molar-refractivity contribution < 1.29 is 0 Å². The zero-order valence-corrected chi connectivity index (χ0v) is 21.9. The van der Waals surface area contributed by atoms with Crippen molar-refractivity contribution in [1.29, 1.82) is 0 Å². The Morgan fingerprint density at radius 3 is 2.84 bits per heavy atom. The lowest BCUT2D eigenvalue weighted by molar-refractivity contribution is 0.896. The van der Waals surface area contributed by atoms with E-state index in [-0.39, 0.29) is 0 Å². The molecular weight excluding hydrogens is 452 g/mol. The van der Waals surface area contributed by atoms with Crippen LogP contribution in [0.15, 0.2) is 139 Å². The molecule has 3 rings (SSSR count). The number of nitrogens with zero attached hydrogens (tertiary/aromatic N) is 1. The van der Waals surface area contributed by atoms with E-state index < -0.39 is 0 Å². The van der Waals surface area contributed by atoms with Crippen LogP contribution in [-0.2, 0) is 6.42 Å². The van der Waals surface area contributed by atoms with Crippen LogP contribution in [0.5, 0.6) is 0 Å². The largest absolute Gasteiger partial charge is 0.356 e. The normalized spacial score (nSPS) is 18.3. The van der Waals surface area contributed by atoms with Gasteiger partial charge in [-0.3, -0.25) is 5.10 Å². The summed E-state index contributed by atoms with van der Waals surface area (Å²) < 4.78 is 0. The summed E-state index contributed by atoms with van der Waals surface area (Å²) in [6, 6.07) is 2.12. The molecule has 2 aliphatic carbocycles. The van der Waals surface area contributed by atoms with Crippen molar-refractivity contribution >= 4 is 5.57 Å². The van der Waals surface area contributed by atoms with Gasteiger partial charge in [-0.2, -0.15) is 5.10 Å². The topological polar surface area (TPSA) is 52.7 Å². The number of aryl methyl sites for hydroxylation is 1. The average molecular weight is 491 g/mol. The van der Waals surface area contributed by atoms with Crippen LogP contribution in [0.1, 0.15) is 50.4 Å². The molecule has 0 saturated heterocycles. The predicted molar refractivity (Wildman–Crippen MR) is 158 cm³/mol. The highest BCUT2D eigenvalue weighted by Gasteiger charge is 2.07. The van der Waals surface area contributed by atoms with Gasteiger partial charge in [0.15, 0.2) is 0 Å². The van der Waals surface area contributed by atoms with Crippen molar-refractivity contribution in [3.05, 3.63) is 150 Å². The van der Waals surface area contributed by atoms with Gasteiger partial charge in [0.2, 0.25) is 0 Å². The molecule has 1 aromatic heterocycles. The second-order valence-corrected chi connectivity index (χ2v) is 8.84. The van der Waals surface area contributed by atoms with E-state index in [2.05, 4.69) is 107 Å². The first-order valence-electron chi connectivity index (χ1n) is 12.8. The summed E-state index contributed by atoms with van der Waals surface area (Å²) in [5.74, 6) is 0. The molecule has 0 aliphatic heterocycles. The van der Waals surface area contributed by atoms with Crippen molar-refractivity contribution in [3.63, 3.8) is 0 Å². The summed E-state index contributed by atoms with van der Waals surface area (Å²) in [5.41, 5.74) is 11.4. The third kappa shape index (κ3) is 9.36. The van der Waals surface area contributed by atoms with Crippen LogP contribution >= 0.6 is 0 Å². The number of allylic oxidation sites excluding steroid dienone is 13. The van der Waals surface area contributed by atoms with Crippen LogP contribution in [0.2, 0.25) is 0 Å². The van der Waals surface area contributed by atoms with Gasteiger partial charge in [0.05, 0.1) is 11.4 Å². The Labute approximate surface area is 222 Å². The number of aromatic amines is 1. The maximum atomic E-state index is 4.52. The minimum Gasteiger partial charge on any atom is -0.356 e. The maximum absolute atomic E-state index is 4.52. The van der Waals surface area contributed by atoms with Gasteiger partial charge in [0.1, 0.15) is 0 Å². The van der Waals surface area contributed by atoms with Crippen molar-refractivity contribution in [2.75, 3.05) is 0 Å². The number of hydrogen-bond donors (Lipinski definition) is 3. The molecule has 0 atom stereocenters. The van der Waals surface area contributed by atoms with Gasteiger partial charge >= 0.3 is 0 Å². The Bertz CT molecular complexity index is 1260. The monoisotopic (exact) mass is 490 g/mol. The first kappa shape index (κ1) is 27.3. The lowest BCUT2D eigenvalue weighted by Gasteiger charge is -2.12. The van der Waals surface area contributed by atoms with Gasteiger partial charge in [-0.15, -0.1) is 0 Å². The van der Waals surface area contributed by atoms with Crippen LogP contribution in [0, 0.1) is 0 Å². The molecule has 0 amide bonds. The number of H-pyrrole nitrogens is 1. The summed E-state index contributed by atoms with van der Waals surface area (Å²) in [4.78, 5) is 0. The minimum atomic E-state index is 0.800. The molecule has 0 saturated carbocycles. The first-order valence-corrected chi connectivity index (χ1v) is 12.8. The molecule has 0 unspecified atom stereocenters. The van der Waals surface area contributed by atoms with Gasteiger partial charge in [-0.1, -0.05) is 79.6 Å². The van der Waals surface area contributed by atoms with E-state index in [1.165, 1.54) is 0 Å². The molecule has 4 heteroatoms. The molecular formula is C33H38N4.